The molecule has 0 radical (unpaired) electrons. The Kier molecular flexibility index (Phi) is 6.08. The van der Waals surface area contributed by atoms with Crippen molar-refractivity contribution in [2.75, 3.05) is 5.32 Å². The van der Waals surface area contributed by atoms with Crippen molar-refractivity contribution in [1.82, 2.24) is 20.2 Å². The molecule has 0 aliphatic carbocycles. The highest BCUT2D eigenvalue weighted by molar-refractivity contribution is 7.91. The average Bonchev–Trinajstić information content (AvgIpc) is 3.26. The van der Waals surface area contributed by atoms with E-state index in [1.165, 1.54) is 6.33 Å². The van der Waals surface area contributed by atoms with Gasteiger partial charge >= 0.3 is 0 Å². The highest BCUT2D eigenvalue weighted by Gasteiger charge is 2.21. The maximum absolute atomic E-state index is 13.2. The summed E-state index contributed by atoms with van der Waals surface area (Å²) in [6.07, 6.45) is 1.43. The van der Waals surface area contributed by atoms with Crippen molar-refractivity contribution in [2.45, 2.75) is 16.7 Å². The van der Waals surface area contributed by atoms with Crippen LogP contribution in [0.4, 0.5) is 11.5 Å². The Morgan fingerprint density at radius 1 is 0.879 bits per heavy atom. The van der Waals surface area contributed by atoms with E-state index in [0.29, 0.717) is 39.8 Å². The van der Waals surface area contributed by atoms with Crippen LogP contribution in [0, 0.1) is 6.92 Å². The lowest BCUT2D eigenvalue weighted by atomic mass is 10.1. The molecule has 5 aromatic rings. The fourth-order valence-electron chi connectivity index (χ4n) is 3.36. The van der Waals surface area contributed by atoms with E-state index in [4.69, 9.17) is 4.42 Å². The largest absolute Gasteiger partial charge is 0.421 e. The van der Waals surface area contributed by atoms with Gasteiger partial charge in [-0.15, -0.1) is 22.6 Å². The number of sulfone groups is 1. The second-order valence-corrected chi connectivity index (χ2v) is 8.94. The van der Waals surface area contributed by atoms with Gasteiger partial charge in [-0.3, -0.25) is 0 Å². The maximum atomic E-state index is 13.2. The van der Waals surface area contributed by atoms with E-state index in [-0.39, 0.29) is 22.2 Å². The van der Waals surface area contributed by atoms with Crippen molar-refractivity contribution in [3.8, 4) is 11.5 Å². The van der Waals surface area contributed by atoms with Gasteiger partial charge in [0.15, 0.2) is 0 Å². The predicted octanol–water partition coefficient (Wildman–Crippen LogP) is 4.99. The van der Waals surface area contributed by atoms with Gasteiger partial charge in [0.05, 0.1) is 21.0 Å². The molecule has 5 rings (SSSR count). The average molecular weight is 480 g/mol. The Morgan fingerprint density at radius 2 is 1.64 bits per heavy atom. The fraction of sp³-hybridized carbons (Fsp3) is 0.0435. The Bertz CT molecular complexity index is 1540. The monoisotopic (exact) mass is 479 g/mol. The number of para-hydroxylation sites is 1. The van der Waals surface area contributed by atoms with E-state index < -0.39 is 9.84 Å². The number of aryl methyl sites for hydroxylation is 1. The number of aromatic nitrogens is 4. The molecular weight excluding hydrogens is 462 g/mol. The number of fused-ring (bicyclic) bond motifs is 1. The Labute approximate surface area is 196 Å². The van der Waals surface area contributed by atoms with Crippen LogP contribution in [0.25, 0.3) is 22.4 Å². The molecule has 3 aromatic carbocycles. The molecule has 0 atom stereocenters. The molecule has 2 heterocycles. The molecule has 0 spiro atoms. The third-order valence-corrected chi connectivity index (χ3v) is 6.72. The molecule has 166 valence electrons. The van der Waals surface area contributed by atoms with Gasteiger partial charge in [0, 0.05) is 17.9 Å². The molecule has 2 aromatic heterocycles. The molecule has 8 nitrogen and oxygen atoms in total. The van der Waals surface area contributed by atoms with Crippen LogP contribution >= 0.6 is 12.4 Å². The van der Waals surface area contributed by atoms with Gasteiger partial charge in [0.1, 0.15) is 12.1 Å². The SMILES string of the molecule is Cc1nnc(-c2ccc3ncnc(Nc4ccccc4S(=O)(=O)c4ccccc4)c3c2)o1.Cl. The summed E-state index contributed by atoms with van der Waals surface area (Å²) in [4.78, 5) is 9.03. The second kappa shape index (κ2) is 8.97. The van der Waals surface area contributed by atoms with Crippen molar-refractivity contribution in [3.63, 3.8) is 0 Å². The lowest BCUT2D eigenvalue weighted by Gasteiger charge is -2.13. The standard InChI is InChI=1S/C23H17N5O3S.ClH/c1-15-27-28-23(31-15)16-11-12-19-18(13-16)22(25-14-24-19)26-20-9-5-6-10-21(20)32(29,30)17-7-3-2-4-8-17;/h2-14H,1H3,(H,24,25,26);1H. The molecule has 0 aliphatic heterocycles. The minimum absolute atomic E-state index is 0. The number of anilines is 2. The summed E-state index contributed by atoms with van der Waals surface area (Å²) >= 11 is 0. The van der Waals surface area contributed by atoms with Gasteiger partial charge < -0.3 is 9.73 Å². The summed E-state index contributed by atoms with van der Waals surface area (Å²) in [5.41, 5.74) is 1.81. The number of nitrogens with zero attached hydrogens (tertiary/aromatic N) is 4. The topological polar surface area (TPSA) is 111 Å². The van der Waals surface area contributed by atoms with Crippen LogP contribution in [0.15, 0.2) is 93.3 Å². The second-order valence-electron chi connectivity index (χ2n) is 7.02. The summed E-state index contributed by atoms with van der Waals surface area (Å²) in [5, 5.41) is 11.8. The van der Waals surface area contributed by atoms with E-state index in [1.54, 1.807) is 61.5 Å². The zero-order valence-corrected chi connectivity index (χ0v) is 19.0. The normalized spacial score (nSPS) is 11.2. The first kappa shape index (κ1) is 22.4. The van der Waals surface area contributed by atoms with Crippen molar-refractivity contribution in [2.24, 2.45) is 0 Å². The van der Waals surface area contributed by atoms with Crippen LogP contribution in [-0.2, 0) is 9.84 Å². The maximum Gasteiger partial charge on any atom is 0.247 e. The minimum Gasteiger partial charge on any atom is -0.421 e. The number of hydrogen-bond donors (Lipinski definition) is 1. The molecule has 0 unspecified atom stereocenters. The number of nitrogens with one attached hydrogen (secondary N) is 1. The van der Waals surface area contributed by atoms with Gasteiger partial charge in [0.25, 0.3) is 0 Å². The first-order valence-corrected chi connectivity index (χ1v) is 11.2. The van der Waals surface area contributed by atoms with Gasteiger partial charge in [-0.2, -0.15) is 0 Å². The summed E-state index contributed by atoms with van der Waals surface area (Å²) in [5.74, 6) is 1.30. The molecule has 0 saturated carbocycles. The number of rotatable bonds is 5. The van der Waals surface area contributed by atoms with Gasteiger partial charge in [-0.1, -0.05) is 30.3 Å². The summed E-state index contributed by atoms with van der Waals surface area (Å²) in [6.45, 7) is 1.72. The molecule has 0 fully saturated rings. The van der Waals surface area contributed by atoms with Crippen LogP contribution in [-0.4, -0.2) is 28.6 Å². The van der Waals surface area contributed by atoms with Crippen LogP contribution in [0.1, 0.15) is 5.89 Å². The van der Waals surface area contributed by atoms with Crippen molar-refractivity contribution in [3.05, 3.63) is 85.0 Å². The lowest BCUT2D eigenvalue weighted by Crippen LogP contribution is -2.06. The van der Waals surface area contributed by atoms with Gasteiger partial charge in [-0.25, -0.2) is 18.4 Å². The van der Waals surface area contributed by atoms with Crippen LogP contribution in [0.3, 0.4) is 0 Å². The fourth-order valence-corrected chi connectivity index (χ4v) is 4.80. The molecule has 0 saturated heterocycles. The quantitative estimate of drug-likeness (QED) is 0.375. The van der Waals surface area contributed by atoms with Crippen molar-refractivity contribution >= 4 is 44.7 Å². The first-order valence-electron chi connectivity index (χ1n) is 9.74. The number of benzene rings is 3. The van der Waals surface area contributed by atoms with E-state index in [9.17, 15) is 8.42 Å². The molecule has 33 heavy (non-hydrogen) atoms. The smallest absolute Gasteiger partial charge is 0.247 e. The number of hydrogen-bond acceptors (Lipinski definition) is 8. The third-order valence-electron chi connectivity index (χ3n) is 4.89. The van der Waals surface area contributed by atoms with Crippen molar-refractivity contribution in [1.29, 1.82) is 0 Å². The molecule has 0 amide bonds. The first-order chi connectivity index (χ1) is 15.5. The molecule has 10 heteroatoms. The van der Waals surface area contributed by atoms with E-state index >= 15 is 0 Å². The zero-order valence-electron chi connectivity index (χ0n) is 17.3. The van der Waals surface area contributed by atoms with Crippen LogP contribution < -0.4 is 5.32 Å². The number of halogens is 1. The molecule has 0 bridgehead atoms. The lowest BCUT2D eigenvalue weighted by molar-refractivity contribution is 0.533. The summed E-state index contributed by atoms with van der Waals surface area (Å²) < 4.78 is 32.0. The Hall–Kier alpha value is -3.82. The summed E-state index contributed by atoms with van der Waals surface area (Å²) in [7, 11) is -3.73. The van der Waals surface area contributed by atoms with Gasteiger partial charge in [-0.05, 0) is 42.5 Å². The molecular formula is C23H18ClN5O3S. The van der Waals surface area contributed by atoms with E-state index in [0.717, 1.165) is 0 Å². The van der Waals surface area contributed by atoms with Crippen LogP contribution in [0.5, 0.6) is 0 Å². The van der Waals surface area contributed by atoms with Crippen LogP contribution in [0.2, 0.25) is 0 Å². The minimum atomic E-state index is -3.73. The van der Waals surface area contributed by atoms with Gasteiger partial charge in [0.2, 0.25) is 21.6 Å². The van der Waals surface area contributed by atoms with E-state index in [2.05, 4.69) is 25.5 Å². The zero-order chi connectivity index (χ0) is 22.1. The predicted molar refractivity (Wildman–Crippen MR) is 126 cm³/mol. The Balaban J connectivity index is 0.00000259. The molecule has 1 N–H and O–H groups in total. The Morgan fingerprint density at radius 3 is 2.39 bits per heavy atom. The van der Waals surface area contributed by atoms with E-state index in [1.807, 2.05) is 18.2 Å². The highest BCUT2D eigenvalue weighted by atomic mass is 35.5. The third kappa shape index (κ3) is 4.28. The van der Waals surface area contributed by atoms with Crippen molar-refractivity contribution < 1.29 is 12.8 Å². The molecule has 0 aliphatic rings. The summed E-state index contributed by atoms with van der Waals surface area (Å²) in [6, 6.07) is 20.5. The highest BCUT2D eigenvalue weighted by Crippen LogP contribution is 2.32.